The van der Waals surface area contributed by atoms with Gasteiger partial charge in [0.15, 0.2) is 0 Å². The molecule has 0 saturated carbocycles. The Morgan fingerprint density at radius 2 is 2.17 bits per heavy atom. The fraction of sp³-hybridized carbons (Fsp3) is 0.556. The average molecular weight is 338 g/mol. The summed E-state index contributed by atoms with van der Waals surface area (Å²) in [5, 5.41) is 0.645. The van der Waals surface area contributed by atoms with E-state index in [-0.39, 0.29) is 17.9 Å². The van der Waals surface area contributed by atoms with Crippen molar-refractivity contribution in [2.75, 3.05) is 31.6 Å². The second-order valence-corrected chi connectivity index (χ2v) is 7.31. The Hall–Kier alpha value is -1.10. The number of halogens is 2. The molecule has 1 fully saturated rings. The third-order valence-electron chi connectivity index (χ3n) is 4.91. The summed E-state index contributed by atoms with van der Waals surface area (Å²) in [5.74, 6) is -0.195. The molecular weight excluding hydrogens is 313 g/mol. The van der Waals surface area contributed by atoms with E-state index >= 15 is 0 Å². The molecule has 0 radical (unpaired) electrons. The molecule has 23 heavy (non-hydrogen) atoms. The van der Waals surface area contributed by atoms with Crippen molar-refractivity contribution >= 4 is 17.3 Å². The van der Waals surface area contributed by atoms with E-state index in [0.717, 1.165) is 37.9 Å². The molecule has 2 atom stereocenters. The van der Waals surface area contributed by atoms with E-state index in [1.54, 1.807) is 6.07 Å². The smallest absolute Gasteiger partial charge is 0.146 e. The minimum atomic E-state index is -0.195. The summed E-state index contributed by atoms with van der Waals surface area (Å²) in [6, 6.07) is 3.52. The lowest BCUT2D eigenvalue weighted by atomic mass is 9.99. The molecule has 3 nitrogen and oxygen atoms in total. The average Bonchev–Trinajstić information content (AvgIpc) is 2.81. The van der Waals surface area contributed by atoms with Crippen LogP contribution < -0.4 is 10.6 Å². The number of likely N-dealkylation sites (N-methyl/N-ethyl adjacent to an activating group) is 1. The first kappa shape index (κ1) is 16.7. The van der Waals surface area contributed by atoms with E-state index in [0.29, 0.717) is 17.3 Å². The number of benzene rings is 1. The van der Waals surface area contributed by atoms with Gasteiger partial charge in [0.2, 0.25) is 0 Å². The predicted molar refractivity (Wildman–Crippen MR) is 94.7 cm³/mol. The van der Waals surface area contributed by atoms with E-state index in [4.69, 9.17) is 17.3 Å². The molecule has 5 heteroatoms. The molecule has 0 bridgehead atoms. The molecule has 2 N–H and O–H groups in total. The van der Waals surface area contributed by atoms with Crippen molar-refractivity contribution in [2.24, 2.45) is 5.73 Å². The fourth-order valence-electron chi connectivity index (χ4n) is 3.78. The Kier molecular flexibility index (Phi) is 4.95. The van der Waals surface area contributed by atoms with Crippen LogP contribution in [0.2, 0.25) is 5.02 Å². The Bertz CT molecular complexity index is 617. The van der Waals surface area contributed by atoms with Crippen LogP contribution in [0.1, 0.15) is 25.3 Å². The minimum absolute atomic E-state index is 0.103. The van der Waals surface area contributed by atoms with Crippen LogP contribution in [0, 0.1) is 5.82 Å². The SMILES string of the molecule is CC1=CC(Cc2c(Cl)ccc(F)c2N2CCC[C@@H](N)C2)N(C)C1. The Morgan fingerprint density at radius 3 is 2.83 bits per heavy atom. The van der Waals surface area contributed by atoms with Gasteiger partial charge in [0, 0.05) is 36.7 Å². The molecule has 126 valence electrons. The summed E-state index contributed by atoms with van der Waals surface area (Å²) < 4.78 is 14.6. The zero-order chi connectivity index (χ0) is 16.6. The minimum Gasteiger partial charge on any atom is -0.367 e. The molecular formula is C18H25ClFN3. The lowest BCUT2D eigenvalue weighted by Gasteiger charge is -2.35. The zero-order valence-electron chi connectivity index (χ0n) is 13.9. The van der Waals surface area contributed by atoms with Gasteiger partial charge in [-0.2, -0.15) is 0 Å². The van der Waals surface area contributed by atoms with Crippen LogP contribution in [-0.2, 0) is 6.42 Å². The maximum absolute atomic E-state index is 14.6. The van der Waals surface area contributed by atoms with Crippen LogP contribution in [0.3, 0.4) is 0 Å². The lowest BCUT2D eigenvalue weighted by molar-refractivity contribution is 0.328. The van der Waals surface area contributed by atoms with Gasteiger partial charge in [-0.25, -0.2) is 4.39 Å². The number of hydrogen-bond donors (Lipinski definition) is 1. The van der Waals surface area contributed by atoms with Crippen molar-refractivity contribution in [1.82, 2.24) is 4.90 Å². The molecule has 1 aromatic rings. The first-order valence-corrected chi connectivity index (χ1v) is 8.68. The number of piperidine rings is 1. The molecule has 2 heterocycles. The summed E-state index contributed by atoms with van der Waals surface area (Å²) in [4.78, 5) is 4.36. The summed E-state index contributed by atoms with van der Waals surface area (Å²) in [6.45, 7) is 4.63. The highest BCUT2D eigenvalue weighted by Crippen LogP contribution is 2.34. The topological polar surface area (TPSA) is 32.5 Å². The number of nitrogens with zero attached hydrogens (tertiary/aromatic N) is 2. The Labute approximate surface area is 142 Å². The summed E-state index contributed by atoms with van der Waals surface area (Å²) in [5.41, 5.74) is 9.00. The van der Waals surface area contributed by atoms with Gasteiger partial charge in [-0.1, -0.05) is 23.3 Å². The third kappa shape index (κ3) is 3.54. The van der Waals surface area contributed by atoms with Gasteiger partial charge >= 0.3 is 0 Å². The van der Waals surface area contributed by atoms with Gasteiger partial charge in [0.1, 0.15) is 5.82 Å². The monoisotopic (exact) mass is 337 g/mol. The second-order valence-electron chi connectivity index (χ2n) is 6.90. The van der Waals surface area contributed by atoms with E-state index in [9.17, 15) is 4.39 Å². The highest BCUT2D eigenvalue weighted by Gasteiger charge is 2.27. The third-order valence-corrected chi connectivity index (χ3v) is 5.26. The molecule has 1 saturated heterocycles. The largest absolute Gasteiger partial charge is 0.367 e. The number of anilines is 1. The Morgan fingerprint density at radius 1 is 1.39 bits per heavy atom. The van der Waals surface area contributed by atoms with Gasteiger partial charge in [0.25, 0.3) is 0 Å². The summed E-state index contributed by atoms with van der Waals surface area (Å²) in [6.07, 6.45) is 4.98. The zero-order valence-corrected chi connectivity index (χ0v) is 14.6. The van der Waals surface area contributed by atoms with Gasteiger partial charge in [0.05, 0.1) is 5.69 Å². The number of rotatable bonds is 3. The van der Waals surface area contributed by atoms with Crippen molar-refractivity contribution < 1.29 is 4.39 Å². The number of nitrogens with two attached hydrogens (primary N) is 1. The van der Waals surface area contributed by atoms with Crippen molar-refractivity contribution in [3.8, 4) is 0 Å². The molecule has 2 aliphatic rings. The molecule has 1 unspecified atom stereocenters. The maximum atomic E-state index is 14.6. The van der Waals surface area contributed by atoms with E-state index in [1.807, 2.05) is 0 Å². The molecule has 0 amide bonds. The highest BCUT2D eigenvalue weighted by molar-refractivity contribution is 6.31. The van der Waals surface area contributed by atoms with Crippen molar-refractivity contribution in [3.63, 3.8) is 0 Å². The van der Waals surface area contributed by atoms with Gasteiger partial charge < -0.3 is 10.6 Å². The van der Waals surface area contributed by atoms with E-state index < -0.39 is 0 Å². The first-order chi connectivity index (χ1) is 11.0. The number of hydrogen-bond acceptors (Lipinski definition) is 3. The normalized spacial score (nSPS) is 25.8. The van der Waals surface area contributed by atoms with Crippen LogP contribution in [0.4, 0.5) is 10.1 Å². The summed E-state index contributed by atoms with van der Waals surface area (Å²) >= 11 is 6.46. The maximum Gasteiger partial charge on any atom is 0.146 e. The molecule has 1 aromatic carbocycles. The standard InChI is InChI=1S/C18H25ClFN3/c1-12-8-14(22(2)10-12)9-15-16(19)5-6-17(20)18(15)23-7-3-4-13(21)11-23/h5-6,8,13-14H,3-4,7,9-11,21H2,1-2H3/t13-,14?/m1/s1. The first-order valence-electron chi connectivity index (χ1n) is 8.30. The van der Waals surface area contributed by atoms with Crippen molar-refractivity contribution in [2.45, 2.75) is 38.3 Å². The lowest BCUT2D eigenvalue weighted by Crippen LogP contribution is -2.43. The molecule has 3 rings (SSSR count). The van der Waals surface area contributed by atoms with Crippen LogP contribution in [0.15, 0.2) is 23.8 Å². The van der Waals surface area contributed by atoms with Gasteiger partial charge in [-0.15, -0.1) is 0 Å². The van der Waals surface area contributed by atoms with Crippen molar-refractivity contribution in [3.05, 3.63) is 40.2 Å². The Balaban J connectivity index is 1.94. The van der Waals surface area contributed by atoms with E-state index in [1.165, 1.54) is 11.6 Å². The molecule has 0 spiro atoms. The second kappa shape index (κ2) is 6.80. The van der Waals surface area contributed by atoms with Crippen molar-refractivity contribution in [1.29, 1.82) is 0 Å². The molecule has 2 aliphatic heterocycles. The highest BCUT2D eigenvalue weighted by atomic mass is 35.5. The van der Waals surface area contributed by atoms with Gasteiger partial charge in [-0.05, 0) is 50.9 Å². The van der Waals surface area contributed by atoms with Crippen LogP contribution in [-0.4, -0.2) is 43.7 Å². The van der Waals surface area contributed by atoms with Crippen LogP contribution in [0.25, 0.3) is 0 Å². The van der Waals surface area contributed by atoms with E-state index in [2.05, 4.69) is 29.8 Å². The van der Waals surface area contributed by atoms with Crippen LogP contribution in [0.5, 0.6) is 0 Å². The summed E-state index contributed by atoms with van der Waals surface area (Å²) in [7, 11) is 2.10. The molecule has 0 aliphatic carbocycles. The van der Waals surface area contributed by atoms with Crippen LogP contribution >= 0.6 is 11.6 Å². The fourth-order valence-corrected chi connectivity index (χ4v) is 4.00. The predicted octanol–water partition coefficient (Wildman–Crippen LogP) is 3.21. The molecule has 0 aromatic heterocycles. The van der Waals surface area contributed by atoms with Gasteiger partial charge in [-0.3, -0.25) is 4.90 Å². The quantitative estimate of drug-likeness (QED) is 0.860.